The van der Waals surface area contributed by atoms with Crippen LogP contribution in [0.4, 0.5) is 0 Å². The van der Waals surface area contributed by atoms with Crippen molar-refractivity contribution < 1.29 is 4.94 Å². The molecule has 0 saturated heterocycles. The van der Waals surface area contributed by atoms with Gasteiger partial charge in [-0.3, -0.25) is 0 Å². The van der Waals surface area contributed by atoms with Gasteiger partial charge in [-0.25, -0.2) is 9.95 Å². The number of hydrogen-bond donors (Lipinski definition) is 2. The summed E-state index contributed by atoms with van der Waals surface area (Å²) in [6.07, 6.45) is 0. The van der Waals surface area contributed by atoms with E-state index in [9.17, 15) is 0 Å². The van der Waals surface area contributed by atoms with Gasteiger partial charge in [0.05, 0.1) is 0 Å². The molecule has 0 aromatic carbocycles. The Hall–Kier alpha value is -0.160. The van der Waals surface area contributed by atoms with E-state index in [-0.39, 0.29) is 0 Å². The Labute approximate surface area is 36.7 Å². The van der Waals surface area contributed by atoms with E-state index in [1.807, 2.05) is 0 Å². The fraction of sp³-hybridized carbons (Fsp3) is 1.00. The standard InChI is InChI=1S/C2H9N3O/c1-5(2)4-6-3/h4H,3H2,1-2H3. The second-order valence-electron chi connectivity index (χ2n) is 1.10. The molecule has 0 aliphatic rings. The maximum absolute atomic E-state index is 4.58. The average molecular weight is 91.1 g/mol. The van der Waals surface area contributed by atoms with Crippen LogP contribution in [0, 0.1) is 0 Å². The number of nitrogens with two attached hydrogens (primary N) is 1. The lowest BCUT2D eigenvalue weighted by atomic mass is 11.2. The van der Waals surface area contributed by atoms with Crippen molar-refractivity contribution in [2.24, 2.45) is 5.90 Å². The summed E-state index contributed by atoms with van der Waals surface area (Å²) in [5.41, 5.74) is 2.32. The Bertz CT molecular complexity index is 30.0. The topological polar surface area (TPSA) is 50.5 Å². The van der Waals surface area contributed by atoms with Gasteiger partial charge in [0.2, 0.25) is 0 Å². The second kappa shape index (κ2) is 3.05. The van der Waals surface area contributed by atoms with Crippen LogP contribution in [0.2, 0.25) is 0 Å². The normalized spacial score (nSPS) is 10.0. The minimum absolute atomic E-state index is 1.58. The Morgan fingerprint density at radius 1 is 1.67 bits per heavy atom. The first kappa shape index (κ1) is 5.84. The molecule has 4 nitrogen and oxygen atoms in total. The van der Waals surface area contributed by atoms with Crippen LogP contribution in [0.1, 0.15) is 0 Å². The van der Waals surface area contributed by atoms with Crippen LogP contribution in [0.5, 0.6) is 0 Å². The van der Waals surface area contributed by atoms with Gasteiger partial charge in [-0.2, -0.15) is 5.90 Å². The number of hydrazine groups is 1. The fourth-order valence-electron chi connectivity index (χ4n) is 0.105. The van der Waals surface area contributed by atoms with E-state index in [0.29, 0.717) is 0 Å². The highest BCUT2D eigenvalue weighted by atomic mass is 16.8. The Morgan fingerprint density at radius 3 is 2.17 bits per heavy atom. The van der Waals surface area contributed by atoms with Crippen molar-refractivity contribution in [2.45, 2.75) is 0 Å². The molecule has 0 amide bonds. The molecule has 0 saturated carbocycles. The van der Waals surface area contributed by atoms with Crippen LogP contribution in [0.3, 0.4) is 0 Å². The van der Waals surface area contributed by atoms with Crippen LogP contribution in [0.15, 0.2) is 0 Å². The highest BCUT2D eigenvalue weighted by molar-refractivity contribution is 4.06. The fourth-order valence-corrected chi connectivity index (χ4v) is 0.105. The molecule has 0 aliphatic carbocycles. The summed E-state index contributed by atoms with van der Waals surface area (Å²) in [6, 6.07) is 0. The van der Waals surface area contributed by atoms with Gasteiger partial charge in [0.1, 0.15) is 0 Å². The molecular formula is C2H9N3O. The minimum Gasteiger partial charge on any atom is -0.226 e. The van der Waals surface area contributed by atoms with E-state index in [0.717, 1.165) is 0 Å². The van der Waals surface area contributed by atoms with Gasteiger partial charge < -0.3 is 0 Å². The molecule has 4 heteroatoms. The van der Waals surface area contributed by atoms with Gasteiger partial charge in [-0.1, -0.05) is 0 Å². The largest absolute Gasteiger partial charge is 0.226 e. The van der Waals surface area contributed by atoms with Crippen molar-refractivity contribution in [3.05, 3.63) is 0 Å². The molecule has 6 heavy (non-hydrogen) atoms. The molecule has 0 heterocycles. The number of nitrogens with one attached hydrogen (secondary N) is 1. The van der Waals surface area contributed by atoms with E-state index in [1.165, 1.54) is 0 Å². The summed E-state index contributed by atoms with van der Waals surface area (Å²) in [5, 5.41) is 1.58. The molecule has 0 bridgehead atoms. The Morgan fingerprint density at radius 2 is 2.17 bits per heavy atom. The lowest BCUT2D eigenvalue weighted by Crippen LogP contribution is -2.32. The lowest BCUT2D eigenvalue weighted by Gasteiger charge is -2.05. The molecule has 3 N–H and O–H groups in total. The van der Waals surface area contributed by atoms with E-state index in [1.54, 1.807) is 19.1 Å². The third-order valence-corrected chi connectivity index (χ3v) is 0.235. The molecule has 38 valence electrons. The molecule has 0 unspecified atom stereocenters. The number of hydrogen-bond acceptors (Lipinski definition) is 4. The zero-order valence-electron chi connectivity index (χ0n) is 3.93. The molecule has 0 aliphatic heterocycles. The van der Waals surface area contributed by atoms with Crippen molar-refractivity contribution in [1.82, 2.24) is 10.6 Å². The number of nitrogens with zero attached hydrogens (tertiary/aromatic N) is 1. The van der Waals surface area contributed by atoms with Crippen molar-refractivity contribution in [2.75, 3.05) is 14.1 Å². The van der Waals surface area contributed by atoms with Crippen molar-refractivity contribution in [1.29, 1.82) is 0 Å². The summed E-state index contributed by atoms with van der Waals surface area (Å²) >= 11 is 0. The molecule has 0 radical (unpaired) electrons. The SMILES string of the molecule is CN(C)NON. The summed E-state index contributed by atoms with van der Waals surface area (Å²) < 4.78 is 0. The van der Waals surface area contributed by atoms with Crippen LogP contribution >= 0.6 is 0 Å². The number of rotatable bonds is 2. The van der Waals surface area contributed by atoms with E-state index < -0.39 is 0 Å². The predicted octanol–water partition coefficient (Wildman–Crippen LogP) is -1.14. The summed E-state index contributed by atoms with van der Waals surface area (Å²) in [6.45, 7) is 0. The summed E-state index contributed by atoms with van der Waals surface area (Å²) in [7, 11) is 3.54. The second-order valence-corrected chi connectivity index (χ2v) is 1.10. The molecule has 0 spiro atoms. The van der Waals surface area contributed by atoms with E-state index >= 15 is 0 Å². The van der Waals surface area contributed by atoms with Gasteiger partial charge in [-0.15, -0.1) is 5.59 Å². The smallest absolute Gasteiger partial charge is 0.00356 e. The molecule has 0 aromatic heterocycles. The van der Waals surface area contributed by atoms with Crippen molar-refractivity contribution in [3.63, 3.8) is 0 Å². The third-order valence-electron chi connectivity index (χ3n) is 0.235. The first-order chi connectivity index (χ1) is 2.77. The zero-order chi connectivity index (χ0) is 4.99. The zero-order valence-corrected chi connectivity index (χ0v) is 3.93. The molecular weight excluding hydrogens is 82.0 g/mol. The summed E-state index contributed by atoms with van der Waals surface area (Å²) in [5.74, 6) is 4.58. The van der Waals surface area contributed by atoms with E-state index in [4.69, 9.17) is 0 Å². The quantitative estimate of drug-likeness (QED) is 0.422. The maximum atomic E-state index is 4.58. The van der Waals surface area contributed by atoms with Gasteiger partial charge in [-0.05, 0) is 0 Å². The van der Waals surface area contributed by atoms with Crippen LogP contribution in [-0.4, -0.2) is 19.1 Å². The van der Waals surface area contributed by atoms with Crippen LogP contribution in [-0.2, 0) is 4.94 Å². The monoisotopic (exact) mass is 91.1 g/mol. The van der Waals surface area contributed by atoms with Crippen LogP contribution < -0.4 is 11.5 Å². The molecule has 0 fully saturated rings. The lowest BCUT2D eigenvalue weighted by molar-refractivity contribution is -0.0614. The highest BCUT2D eigenvalue weighted by Gasteiger charge is 1.76. The van der Waals surface area contributed by atoms with Gasteiger partial charge in [0.25, 0.3) is 0 Å². The van der Waals surface area contributed by atoms with Crippen molar-refractivity contribution in [3.8, 4) is 0 Å². The van der Waals surface area contributed by atoms with Gasteiger partial charge in [0.15, 0.2) is 0 Å². The van der Waals surface area contributed by atoms with Gasteiger partial charge in [0, 0.05) is 14.1 Å². The third kappa shape index (κ3) is 3.84. The van der Waals surface area contributed by atoms with Crippen molar-refractivity contribution >= 4 is 0 Å². The summed E-state index contributed by atoms with van der Waals surface area (Å²) in [4.78, 5) is 3.98. The predicted molar refractivity (Wildman–Crippen MR) is 22.1 cm³/mol. The van der Waals surface area contributed by atoms with Crippen LogP contribution in [0.25, 0.3) is 0 Å². The highest BCUT2D eigenvalue weighted by Crippen LogP contribution is 1.54. The molecule has 0 atom stereocenters. The first-order valence-corrected chi connectivity index (χ1v) is 1.56. The molecule has 0 aromatic rings. The maximum Gasteiger partial charge on any atom is 0.00356 e. The Balaban J connectivity index is 2.63. The van der Waals surface area contributed by atoms with E-state index in [2.05, 4.69) is 16.4 Å². The average Bonchev–Trinajstić information content (AvgIpc) is 1.35. The Kier molecular flexibility index (Phi) is 2.97. The van der Waals surface area contributed by atoms with Gasteiger partial charge >= 0.3 is 0 Å². The first-order valence-electron chi connectivity index (χ1n) is 1.56. The molecule has 0 rings (SSSR count). The minimum atomic E-state index is 1.58.